The summed E-state index contributed by atoms with van der Waals surface area (Å²) >= 11 is 6.32. The van der Waals surface area contributed by atoms with Crippen molar-refractivity contribution in [3.05, 3.63) is 17.8 Å². The molecule has 0 amide bonds. The Morgan fingerprint density at radius 3 is 2.83 bits per heavy atom. The summed E-state index contributed by atoms with van der Waals surface area (Å²) in [6.07, 6.45) is 1.04. The van der Waals surface area contributed by atoms with Crippen molar-refractivity contribution in [2.75, 3.05) is 23.4 Å². The summed E-state index contributed by atoms with van der Waals surface area (Å²) < 4.78 is 10.7. The Bertz CT molecular complexity index is 590. The Kier molecular flexibility index (Phi) is 4.64. The minimum atomic E-state index is -0.416. The predicted octanol–water partition coefficient (Wildman–Crippen LogP) is 2.62. The monoisotopic (exact) mass is 339 g/mol. The Morgan fingerprint density at radius 1 is 1.52 bits per heavy atom. The number of hydrogen-bond donors (Lipinski definition) is 1. The first-order valence-corrected chi connectivity index (χ1v) is 8.40. The van der Waals surface area contributed by atoms with Gasteiger partial charge in [0.05, 0.1) is 23.3 Å². The summed E-state index contributed by atoms with van der Waals surface area (Å²) in [5.74, 6) is 0.251. The lowest BCUT2D eigenvalue weighted by atomic mass is 10.1. The molecule has 0 aromatic carbocycles. The van der Waals surface area contributed by atoms with E-state index >= 15 is 0 Å². The molecule has 2 unspecified atom stereocenters. The van der Waals surface area contributed by atoms with Gasteiger partial charge < -0.3 is 19.7 Å². The van der Waals surface area contributed by atoms with Crippen LogP contribution in [0.5, 0.6) is 0 Å². The van der Waals surface area contributed by atoms with Crippen molar-refractivity contribution < 1.29 is 14.3 Å². The van der Waals surface area contributed by atoms with Gasteiger partial charge in [-0.3, -0.25) is 0 Å². The molecule has 3 heterocycles. The Labute approximate surface area is 141 Å². The number of carbonyl (C=O) groups excluding carboxylic acids is 1. The molecule has 3 rings (SSSR count). The second-order valence-electron chi connectivity index (χ2n) is 6.22. The standard InChI is InChI=1S/C16H22ClN3O3/c1-9(2)23-16(21)12-4-5-13-14(18-12)19-15(10(3)17)20(13)8-11-6-7-22-11/h4-5,9-11,15H,6-8H2,1-3H3,(H,18,19)/t10?,11-,15?/m0/s1. The van der Waals surface area contributed by atoms with Gasteiger partial charge in [0, 0.05) is 13.2 Å². The number of fused-ring (bicyclic) bond motifs is 1. The minimum Gasteiger partial charge on any atom is -0.458 e. The normalized spacial score (nSPS) is 24.0. The lowest BCUT2D eigenvalue weighted by Gasteiger charge is -2.35. The van der Waals surface area contributed by atoms with Gasteiger partial charge in [0.1, 0.15) is 6.17 Å². The van der Waals surface area contributed by atoms with Crippen molar-refractivity contribution >= 4 is 29.1 Å². The number of halogens is 1. The zero-order chi connectivity index (χ0) is 16.6. The summed E-state index contributed by atoms with van der Waals surface area (Å²) in [6, 6.07) is 3.59. The van der Waals surface area contributed by atoms with E-state index in [0.29, 0.717) is 11.5 Å². The van der Waals surface area contributed by atoms with E-state index < -0.39 is 5.97 Å². The van der Waals surface area contributed by atoms with Crippen LogP contribution in [0.15, 0.2) is 12.1 Å². The molecular weight excluding hydrogens is 318 g/mol. The van der Waals surface area contributed by atoms with Gasteiger partial charge in [0.2, 0.25) is 0 Å². The highest BCUT2D eigenvalue weighted by atomic mass is 35.5. The molecule has 1 saturated heterocycles. The summed E-state index contributed by atoms with van der Waals surface area (Å²) in [5, 5.41) is 3.19. The number of hydrogen-bond acceptors (Lipinski definition) is 6. The van der Waals surface area contributed by atoms with E-state index in [2.05, 4.69) is 15.2 Å². The van der Waals surface area contributed by atoms with Crippen molar-refractivity contribution in [3.63, 3.8) is 0 Å². The van der Waals surface area contributed by atoms with Gasteiger partial charge in [-0.1, -0.05) is 0 Å². The van der Waals surface area contributed by atoms with E-state index in [0.717, 1.165) is 25.3 Å². The minimum absolute atomic E-state index is 0.0697. The van der Waals surface area contributed by atoms with Gasteiger partial charge in [-0.05, 0) is 39.3 Å². The predicted molar refractivity (Wildman–Crippen MR) is 89.2 cm³/mol. The van der Waals surface area contributed by atoms with Gasteiger partial charge in [-0.25, -0.2) is 9.78 Å². The number of anilines is 2. The third kappa shape index (κ3) is 3.38. The van der Waals surface area contributed by atoms with Crippen molar-refractivity contribution in [2.24, 2.45) is 0 Å². The molecule has 1 aromatic heterocycles. The molecule has 2 aliphatic rings. The summed E-state index contributed by atoms with van der Waals surface area (Å²) in [7, 11) is 0. The molecule has 2 aliphatic heterocycles. The van der Waals surface area contributed by atoms with Crippen LogP contribution in [0.3, 0.4) is 0 Å². The van der Waals surface area contributed by atoms with E-state index in [1.807, 2.05) is 26.8 Å². The molecule has 0 bridgehead atoms. The van der Waals surface area contributed by atoms with E-state index in [1.165, 1.54) is 0 Å². The highest BCUT2D eigenvalue weighted by molar-refractivity contribution is 6.21. The van der Waals surface area contributed by atoms with Crippen LogP contribution < -0.4 is 10.2 Å². The lowest BCUT2D eigenvalue weighted by Crippen LogP contribution is -2.48. The van der Waals surface area contributed by atoms with E-state index in [4.69, 9.17) is 21.1 Å². The number of ether oxygens (including phenoxy) is 2. The molecule has 3 atom stereocenters. The number of rotatable bonds is 5. The number of carbonyl (C=O) groups is 1. The molecule has 1 aromatic rings. The van der Waals surface area contributed by atoms with Gasteiger partial charge in [-0.2, -0.15) is 0 Å². The fraction of sp³-hybridized carbons (Fsp3) is 0.625. The number of esters is 1. The largest absolute Gasteiger partial charge is 0.458 e. The summed E-state index contributed by atoms with van der Waals surface area (Å²) in [6.45, 7) is 7.15. The van der Waals surface area contributed by atoms with Crippen LogP contribution in [0.25, 0.3) is 0 Å². The number of aromatic nitrogens is 1. The third-order valence-electron chi connectivity index (χ3n) is 3.98. The smallest absolute Gasteiger partial charge is 0.357 e. The van der Waals surface area contributed by atoms with Crippen molar-refractivity contribution in [1.29, 1.82) is 0 Å². The molecule has 0 spiro atoms. The summed E-state index contributed by atoms with van der Waals surface area (Å²) in [4.78, 5) is 18.6. The zero-order valence-electron chi connectivity index (χ0n) is 13.6. The first-order chi connectivity index (χ1) is 11.0. The van der Waals surface area contributed by atoms with Crippen LogP contribution in [-0.2, 0) is 9.47 Å². The molecule has 7 heteroatoms. The van der Waals surface area contributed by atoms with Crippen molar-refractivity contribution in [1.82, 2.24) is 4.98 Å². The fourth-order valence-electron chi connectivity index (χ4n) is 2.77. The topological polar surface area (TPSA) is 63.7 Å². The average molecular weight is 340 g/mol. The molecule has 23 heavy (non-hydrogen) atoms. The molecule has 0 radical (unpaired) electrons. The maximum absolute atomic E-state index is 12.0. The Hall–Kier alpha value is -1.53. The van der Waals surface area contributed by atoms with E-state index in [9.17, 15) is 4.79 Å². The van der Waals surface area contributed by atoms with Crippen molar-refractivity contribution in [2.45, 2.75) is 50.9 Å². The van der Waals surface area contributed by atoms with E-state index in [1.54, 1.807) is 6.07 Å². The number of nitrogens with one attached hydrogen (secondary N) is 1. The van der Waals surface area contributed by atoms with Crippen LogP contribution in [0.4, 0.5) is 11.5 Å². The van der Waals surface area contributed by atoms with Gasteiger partial charge in [0.15, 0.2) is 11.5 Å². The van der Waals surface area contributed by atoms with Crippen LogP contribution in [0.1, 0.15) is 37.7 Å². The maximum Gasteiger partial charge on any atom is 0.357 e. The molecule has 6 nitrogen and oxygen atoms in total. The zero-order valence-corrected chi connectivity index (χ0v) is 14.3. The van der Waals surface area contributed by atoms with Crippen molar-refractivity contribution in [3.8, 4) is 0 Å². The number of alkyl halides is 1. The molecule has 1 N–H and O–H groups in total. The number of nitrogens with zero attached hydrogens (tertiary/aromatic N) is 2. The lowest BCUT2D eigenvalue weighted by molar-refractivity contribution is -0.0449. The number of pyridine rings is 1. The third-order valence-corrected chi connectivity index (χ3v) is 4.22. The van der Waals surface area contributed by atoms with Crippen LogP contribution in [0, 0.1) is 0 Å². The Balaban J connectivity index is 1.82. The first-order valence-electron chi connectivity index (χ1n) is 7.96. The highest BCUT2D eigenvalue weighted by Crippen LogP contribution is 2.36. The molecule has 0 aliphatic carbocycles. The molecular formula is C16H22ClN3O3. The SMILES string of the molecule is CC(C)OC(=O)c1ccc2c(n1)NC(C(C)Cl)N2C[C@@H]1CCO1. The Morgan fingerprint density at radius 2 is 2.26 bits per heavy atom. The van der Waals surface area contributed by atoms with Crippen LogP contribution in [-0.4, -0.2) is 47.9 Å². The fourth-order valence-corrected chi connectivity index (χ4v) is 2.97. The van der Waals surface area contributed by atoms with Crippen LogP contribution >= 0.6 is 11.6 Å². The molecule has 1 fully saturated rings. The highest BCUT2D eigenvalue weighted by Gasteiger charge is 2.36. The average Bonchev–Trinajstić information content (AvgIpc) is 2.80. The second-order valence-corrected chi connectivity index (χ2v) is 6.91. The summed E-state index contributed by atoms with van der Waals surface area (Å²) in [5.41, 5.74) is 1.24. The quantitative estimate of drug-likeness (QED) is 0.657. The van der Waals surface area contributed by atoms with E-state index in [-0.39, 0.29) is 23.8 Å². The molecule has 0 saturated carbocycles. The van der Waals surface area contributed by atoms with Crippen LogP contribution in [0.2, 0.25) is 0 Å². The first kappa shape index (κ1) is 16.3. The van der Waals surface area contributed by atoms with Gasteiger partial charge in [0.25, 0.3) is 0 Å². The second kappa shape index (κ2) is 6.53. The molecule has 126 valence electrons. The maximum atomic E-state index is 12.0. The van der Waals surface area contributed by atoms with Gasteiger partial charge >= 0.3 is 5.97 Å². The van der Waals surface area contributed by atoms with Gasteiger partial charge in [-0.15, -0.1) is 11.6 Å².